The molecule has 17 heteroatoms. The zero-order valence-corrected chi connectivity index (χ0v) is 36.3. The van der Waals surface area contributed by atoms with Crippen LogP contribution in [0.15, 0.2) is 97.6 Å². The van der Waals surface area contributed by atoms with E-state index in [4.69, 9.17) is 21.3 Å². The van der Waals surface area contributed by atoms with E-state index in [9.17, 15) is 9.59 Å². The van der Waals surface area contributed by atoms with Crippen LogP contribution in [0.2, 0.25) is 5.02 Å². The number of hydrogen-bond donors (Lipinski definition) is 4. The molecule has 4 heterocycles. The van der Waals surface area contributed by atoms with E-state index in [0.717, 1.165) is 74.7 Å². The number of amides is 2. The smallest absolute Gasteiger partial charge is 0.232 e. The molecule has 324 valence electrons. The molecule has 2 fully saturated rings. The van der Waals surface area contributed by atoms with Crippen molar-refractivity contribution < 1.29 is 14.3 Å². The molecule has 0 atom stereocenters. The predicted molar refractivity (Wildman–Crippen MR) is 248 cm³/mol. The quantitative estimate of drug-likeness (QED) is 0.0832. The summed E-state index contributed by atoms with van der Waals surface area (Å²) >= 11 is 6.01. The van der Waals surface area contributed by atoms with E-state index in [-0.39, 0.29) is 30.8 Å². The number of piperazine rings is 1. The SMILES string of the molecule is Cc1cccc(N2CCN(c3ncnc(Nc4cccc(NC(=O)CCC(=O)Nc5cc(Nc6ncnc(N7CCC(Oc8ccc(Cl)cc8)CC7)n6)ccc5C)c4C)n3)CC2)c1. The van der Waals surface area contributed by atoms with Gasteiger partial charge in [0.1, 0.15) is 24.5 Å². The maximum atomic E-state index is 13.1. The summed E-state index contributed by atoms with van der Waals surface area (Å²) in [5.41, 5.74) is 6.80. The molecule has 0 saturated carbocycles. The van der Waals surface area contributed by atoms with Gasteiger partial charge in [-0.25, -0.2) is 19.9 Å². The lowest BCUT2D eigenvalue weighted by molar-refractivity contribution is -0.121. The Morgan fingerprint density at radius 2 is 1.25 bits per heavy atom. The fourth-order valence-electron chi connectivity index (χ4n) is 7.51. The molecule has 2 aliphatic heterocycles. The molecular weight excluding hydrogens is 818 g/mol. The number of carbonyl (C=O) groups is 2. The molecule has 16 nitrogen and oxygen atoms in total. The molecule has 0 spiro atoms. The topological polar surface area (TPSA) is 179 Å². The number of piperidine rings is 1. The summed E-state index contributed by atoms with van der Waals surface area (Å²) in [6, 6.07) is 27.1. The molecule has 8 rings (SSSR count). The molecule has 2 saturated heterocycles. The Kier molecular flexibility index (Phi) is 13.4. The van der Waals surface area contributed by atoms with Crippen molar-refractivity contribution in [3.63, 3.8) is 0 Å². The number of nitrogens with zero attached hydrogens (tertiary/aromatic N) is 9. The molecule has 0 radical (unpaired) electrons. The molecule has 4 N–H and O–H groups in total. The number of aromatic nitrogens is 6. The second-order valence-corrected chi connectivity index (χ2v) is 16.1. The zero-order valence-electron chi connectivity index (χ0n) is 35.5. The highest BCUT2D eigenvalue weighted by atomic mass is 35.5. The fraction of sp³-hybridized carbons (Fsp3) is 0.304. The van der Waals surface area contributed by atoms with E-state index in [1.54, 1.807) is 0 Å². The Morgan fingerprint density at radius 1 is 0.651 bits per heavy atom. The number of nitrogens with one attached hydrogen (secondary N) is 4. The highest BCUT2D eigenvalue weighted by Gasteiger charge is 2.24. The van der Waals surface area contributed by atoms with Gasteiger partial charge in [0.05, 0.1) is 0 Å². The monoisotopic (exact) mass is 867 g/mol. The number of carbonyl (C=O) groups excluding carboxylic acids is 2. The van der Waals surface area contributed by atoms with Gasteiger partial charge >= 0.3 is 0 Å². The van der Waals surface area contributed by atoms with Crippen LogP contribution in [0.3, 0.4) is 0 Å². The largest absolute Gasteiger partial charge is 0.490 e. The lowest BCUT2D eigenvalue weighted by Gasteiger charge is -2.36. The van der Waals surface area contributed by atoms with Crippen molar-refractivity contribution in [1.82, 2.24) is 29.9 Å². The van der Waals surface area contributed by atoms with Crippen molar-refractivity contribution >= 4 is 75.6 Å². The van der Waals surface area contributed by atoms with Gasteiger partial charge in [-0.2, -0.15) is 9.97 Å². The van der Waals surface area contributed by atoms with E-state index >= 15 is 0 Å². The Morgan fingerprint density at radius 3 is 1.94 bits per heavy atom. The minimum absolute atomic E-state index is 0.00792. The van der Waals surface area contributed by atoms with Gasteiger partial charge in [-0.1, -0.05) is 35.9 Å². The van der Waals surface area contributed by atoms with Gasteiger partial charge < -0.3 is 40.7 Å². The van der Waals surface area contributed by atoms with Crippen LogP contribution in [0.25, 0.3) is 0 Å². The highest BCUT2D eigenvalue weighted by Crippen LogP contribution is 2.28. The van der Waals surface area contributed by atoms with Crippen molar-refractivity contribution in [2.45, 2.75) is 52.6 Å². The summed E-state index contributed by atoms with van der Waals surface area (Å²) in [6.07, 6.45) is 4.71. The van der Waals surface area contributed by atoms with Crippen LogP contribution < -0.4 is 40.7 Å². The van der Waals surface area contributed by atoms with E-state index in [1.165, 1.54) is 23.9 Å². The molecule has 0 bridgehead atoms. The van der Waals surface area contributed by atoms with Crippen LogP contribution in [0.5, 0.6) is 5.75 Å². The lowest BCUT2D eigenvalue weighted by atomic mass is 10.1. The molecule has 2 amide bonds. The summed E-state index contributed by atoms with van der Waals surface area (Å²) < 4.78 is 6.14. The van der Waals surface area contributed by atoms with Crippen LogP contribution in [-0.4, -0.2) is 87.1 Å². The van der Waals surface area contributed by atoms with Gasteiger partial charge in [0.15, 0.2) is 0 Å². The van der Waals surface area contributed by atoms with Gasteiger partial charge in [-0.3, -0.25) is 9.59 Å². The Labute approximate surface area is 371 Å². The molecule has 0 aliphatic carbocycles. The normalized spacial score (nSPS) is 14.3. The third-order valence-corrected chi connectivity index (χ3v) is 11.3. The lowest BCUT2D eigenvalue weighted by Crippen LogP contribution is -2.47. The molecular formula is C46H50ClN13O3. The number of anilines is 9. The van der Waals surface area contributed by atoms with Gasteiger partial charge in [-0.05, 0) is 98.1 Å². The number of rotatable bonds is 14. The predicted octanol–water partition coefficient (Wildman–Crippen LogP) is 7.85. The number of hydrogen-bond acceptors (Lipinski definition) is 14. The first-order chi connectivity index (χ1) is 30.6. The Bertz CT molecular complexity index is 2540. The first kappa shape index (κ1) is 42.6. The van der Waals surface area contributed by atoms with Crippen molar-refractivity contribution in [2.24, 2.45) is 0 Å². The molecule has 6 aromatic rings. The van der Waals surface area contributed by atoms with Gasteiger partial charge in [0.25, 0.3) is 0 Å². The van der Waals surface area contributed by atoms with Crippen LogP contribution >= 0.6 is 11.6 Å². The highest BCUT2D eigenvalue weighted by molar-refractivity contribution is 6.30. The first-order valence-corrected chi connectivity index (χ1v) is 21.5. The third kappa shape index (κ3) is 11.3. The number of ether oxygens (including phenoxy) is 1. The molecule has 4 aromatic carbocycles. The average Bonchev–Trinajstić information content (AvgIpc) is 3.29. The van der Waals surface area contributed by atoms with E-state index < -0.39 is 0 Å². The minimum Gasteiger partial charge on any atom is -0.490 e. The van der Waals surface area contributed by atoms with Gasteiger partial charge in [-0.15, -0.1) is 0 Å². The summed E-state index contributed by atoms with van der Waals surface area (Å²) in [6.45, 7) is 10.7. The molecule has 63 heavy (non-hydrogen) atoms. The van der Waals surface area contributed by atoms with Crippen molar-refractivity contribution in [3.05, 3.63) is 119 Å². The van der Waals surface area contributed by atoms with Crippen LogP contribution in [0.1, 0.15) is 42.4 Å². The van der Waals surface area contributed by atoms with E-state index in [1.807, 2.05) is 74.5 Å². The summed E-state index contributed by atoms with van der Waals surface area (Å²) in [5.74, 6) is 2.21. The number of benzene rings is 4. The summed E-state index contributed by atoms with van der Waals surface area (Å²) in [4.78, 5) is 59.8. The summed E-state index contributed by atoms with van der Waals surface area (Å²) in [7, 11) is 0. The summed E-state index contributed by atoms with van der Waals surface area (Å²) in [5, 5.41) is 13.1. The van der Waals surface area contributed by atoms with E-state index in [0.29, 0.717) is 45.9 Å². The van der Waals surface area contributed by atoms with Crippen LogP contribution in [-0.2, 0) is 9.59 Å². The number of halogens is 1. The first-order valence-electron chi connectivity index (χ1n) is 21.1. The van der Waals surface area contributed by atoms with Crippen LogP contribution in [0.4, 0.5) is 52.2 Å². The van der Waals surface area contributed by atoms with Gasteiger partial charge in [0.2, 0.25) is 35.6 Å². The Balaban J connectivity index is 0.801. The Hall–Kier alpha value is -7.07. The van der Waals surface area contributed by atoms with Crippen molar-refractivity contribution in [1.29, 1.82) is 0 Å². The van der Waals surface area contributed by atoms with Crippen molar-refractivity contribution in [2.75, 3.05) is 75.2 Å². The molecule has 2 aromatic heterocycles. The maximum Gasteiger partial charge on any atom is 0.232 e. The minimum atomic E-state index is -0.286. The zero-order chi connectivity index (χ0) is 43.7. The van der Waals surface area contributed by atoms with E-state index in [2.05, 4.69) is 92.1 Å². The third-order valence-electron chi connectivity index (χ3n) is 11.1. The van der Waals surface area contributed by atoms with Crippen LogP contribution in [0, 0.1) is 20.8 Å². The second-order valence-electron chi connectivity index (χ2n) is 15.6. The van der Waals surface area contributed by atoms with Crippen molar-refractivity contribution in [3.8, 4) is 5.75 Å². The second kappa shape index (κ2) is 19.8. The average molecular weight is 868 g/mol. The van der Waals surface area contributed by atoms with Gasteiger partial charge in [0, 0.05) is 98.4 Å². The maximum absolute atomic E-state index is 13.1. The number of aryl methyl sites for hydroxylation is 2. The fourth-order valence-corrected chi connectivity index (χ4v) is 7.64. The molecule has 0 unspecified atom stereocenters. The standard InChI is InChI=1S/C46H50ClN13O3/c1-30-6-4-7-35(26-30)58-22-24-60(25-23-58)46-51-29-49-44(57-46)55-39-9-5-8-38(32(39)3)53-41(61)16-17-42(62)54-40-27-34(13-10-31(40)2)52-43-48-28-50-45(56-43)59-20-18-37(19-21-59)63-36-14-11-33(47)12-15-36/h4-15,26-29,37H,16-25H2,1-3H3,(H,53,61)(H,54,62)(H,48,50,52,56)(H,49,51,55,57). The molecule has 2 aliphatic rings.